The number of carbonyl (C=O) groups is 1. The molecule has 4 rings (SSSR count). The Kier molecular flexibility index (Phi) is 5.55. The second kappa shape index (κ2) is 8.28. The molecule has 0 amide bonds. The molecule has 1 aromatic heterocycles. The lowest BCUT2D eigenvalue weighted by molar-refractivity contribution is -0.143. The molecule has 30 heavy (non-hydrogen) atoms. The number of aromatic nitrogens is 2. The average molecular weight is 466 g/mol. The van der Waals surface area contributed by atoms with Crippen LogP contribution in [0.4, 0.5) is 5.69 Å². The van der Waals surface area contributed by atoms with Crippen LogP contribution in [0.2, 0.25) is 0 Å². The molecule has 0 saturated heterocycles. The molecule has 152 valence electrons. The number of anilines is 1. The summed E-state index contributed by atoms with van der Waals surface area (Å²) in [7, 11) is 1.79. The molecule has 0 bridgehead atoms. The van der Waals surface area contributed by atoms with Crippen LogP contribution in [0.1, 0.15) is 6.92 Å². The lowest BCUT2D eigenvalue weighted by atomic mass is 10.1. The summed E-state index contributed by atoms with van der Waals surface area (Å²) in [5, 5.41) is 5.08. The SMILES string of the molecule is CCOC(=O)Cn1c(=O)c(-c2cc(Br)ccc2NC)nc2cc3ccccc3cc21. The third-order valence-corrected chi connectivity index (χ3v) is 5.41. The Labute approximate surface area is 181 Å². The first-order valence-corrected chi connectivity index (χ1v) is 10.4. The van der Waals surface area contributed by atoms with Gasteiger partial charge in [0, 0.05) is 22.8 Å². The van der Waals surface area contributed by atoms with Crippen molar-refractivity contribution < 1.29 is 9.53 Å². The van der Waals surface area contributed by atoms with Crippen LogP contribution in [0.3, 0.4) is 0 Å². The van der Waals surface area contributed by atoms with Gasteiger partial charge in [0.1, 0.15) is 12.2 Å². The summed E-state index contributed by atoms with van der Waals surface area (Å²) < 4.78 is 7.38. The van der Waals surface area contributed by atoms with Gasteiger partial charge in [0.2, 0.25) is 0 Å². The molecule has 1 N–H and O–H groups in total. The quantitative estimate of drug-likeness (QED) is 0.344. The van der Waals surface area contributed by atoms with Gasteiger partial charge in [-0.3, -0.25) is 14.2 Å². The van der Waals surface area contributed by atoms with Crippen molar-refractivity contribution in [2.45, 2.75) is 13.5 Å². The molecule has 0 aliphatic heterocycles. The van der Waals surface area contributed by atoms with E-state index in [1.165, 1.54) is 4.57 Å². The van der Waals surface area contributed by atoms with E-state index in [1.807, 2.05) is 54.6 Å². The van der Waals surface area contributed by atoms with Gasteiger partial charge in [0.25, 0.3) is 5.56 Å². The number of halogens is 1. The van der Waals surface area contributed by atoms with Crippen LogP contribution in [0.25, 0.3) is 33.1 Å². The Morgan fingerprint density at radius 3 is 2.57 bits per heavy atom. The van der Waals surface area contributed by atoms with E-state index in [2.05, 4.69) is 21.2 Å². The van der Waals surface area contributed by atoms with Crippen molar-refractivity contribution in [1.82, 2.24) is 9.55 Å². The topological polar surface area (TPSA) is 73.2 Å². The maximum atomic E-state index is 13.5. The number of hydrogen-bond acceptors (Lipinski definition) is 5. The van der Waals surface area contributed by atoms with Crippen molar-refractivity contribution in [3.63, 3.8) is 0 Å². The number of benzene rings is 3. The second-order valence-corrected chi connectivity index (χ2v) is 7.70. The Morgan fingerprint density at radius 2 is 1.87 bits per heavy atom. The molecule has 0 fully saturated rings. The highest BCUT2D eigenvalue weighted by Crippen LogP contribution is 2.30. The first-order chi connectivity index (χ1) is 14.5. The number of rotatable bonds is 5. The molecule has 0 atom stereocenters. The van der Waals surface area contributed by atoms with Gasteiger partial charge < -0.3 is 10.1 Å². The van der Waals surface area contributed by atoms with Crippen LogP contribution in [0.5, 0.6) is 0 Å². The summed E-state index contributed by atoms with van der Waals surface area (Å²) in [6.07, 6.45) is 0. The zero-order valence-electron chi connectivity index (χ0n) is 16.6. The number of esters is 1. The highest BCUT2D eigenvalue weighted by atomic mass is 79.9. The standard InChI is InChI=1S/C23H20BrN3O3/c1-3-30-21(28)13-27-20-11-15-7-5-4-6-14(15)10-19(20)26-22(23(27)29)17-12-16(24)8-9-18(17)25-2/h4-12,25H,3,13H2,1-2H3. The fraction of sp³-hybridized carbons (Fsp3) is 0.174. The molecule has 7 heteroatoms. The Balaban J connectivity index is 2.06. The Morgan fingerprint density at radius 1 is 1.13 bits per heavy atom. The fourth-order valence-electron chi connectivity index (χ4n) is 3.53. The van der Waals surface area contributed by atoms with Crippen molar-refractivity contribution in [2.24, 2.45) is 0 Å². The molecule has 0 aliphatic rings. The van der Waals surface area contributed by atoms with E-state index >= 15 is 0 Å². The normalized spacial score (nSPS) is 11.0. The molecule has 0 aliphatic carbocycles. The zero-order chi connectivity index (χ0) is 21.3. The van der Waals surface area contributed by atoms with Crippen LogP contribution in [0, 0.1) is 0 Å². The number of ether oxygens (including phenoxy) is 1. The third kappa shape index (κ3) is 3.68. The van der Waals surface area contributed by atoms with E-state index < -0.39 is 5.97 Å². The maximum Gasteiger partial charge on any atom is 0.326 e. The Bertz CT molecular complexity index is 1330. The summed E-state index contributed by atoms with van der Waals surface area (Å²) >= 11 is 3.47. The van der Waals surface area contributed by atoms with Crippen LogP contribution in [-0.4, -0.2) is 29.2 Å². The summed E-state index contributed by atoms with van der Waals surface area (Å²) in [6.45, 7) is 1.81. The molecule has 1 heterocycles. The van der Waals surface area contributed by atoms with Crippen molar-refractivity contribution in [1.29, 1.82) is 0 Å². The van der Waals surface area contributed by atoms with Crippen molar-refractivity contribution in [3.05, 3.63) is 69.4 Å². The van der Waals surface area contributed by atoms with Crippen LogP contribution >= 0.6 is 15.9 Å². The maximum absolute atomic E-state index is 13.5. The summed E-state index contributed by atoms with van der Waals surface area (Å²) in [5.41, 5.74) is 2.58. The van der Waals surface area contributed by atoms with E-state index in [1.54, 1.807) is 14.0 Å². The third-order valence-electron chi connectivity index (χ3n) is 4.91. The lowest BCUT2D eigenvalue weighted by Crippen LogP contribution is -2.28. The van der Waals surface area contributed by atoms with Crippen LogP contribution in [-0.2, 0) is 16.1 Å². The van der Waals surface area contributed by atoms with Gasteiger partial charge in [-0.25, -0.2) is 4.98 Å². The van der Waals surface area contributed by atoms with Crippen molar-refractivity contribution in [2.75, 3.05) is 19.0 Å². The van der Waals surface area contributed by atoms with Gasteiger partial charge >= 0.3 is 5.97 Å². The molecule has 6 nitrogen and oxygen atoms in total. The zero-order valence-corrected chi connectivity index (χ0v) is 18.2. The summed E-state index contributed by atoms with van der Waals surface area (Å²) in [5.74, 6) is -0.464. The minimum atomic E-state index is -0.464. The number of nitrogens with zero attached hydrogens (tertiary/aromatic N) is 2. The van der Waals surface area contributed by atoms with Gasteiger partial charge in [0.05, 0.1) is 17.6 Å². The smallest absolute Gasteiger partial charge is 0.326 e. The van der Waals surface area contributed by atoms with Gasteiger partial charge in [-0.05, 0) is 48.0 Å². The largest absolute Gasteiger partial charge is 0.465 e. The molecule has 0 radical (unpaired) electrons. The van der Waals surface area contributed by atoms with Gasteiger partial charge in [-0.2, -0.15) is 0 Å². The predicted octanol–water partition coefficient (Wildman–Crippen LogP) is 4.58. The Hall–Kier alpha value is -3.19. The van der Waals surface area contributed by atoms with Crippen LogP contribution < -0.4 is 10.9 Å². The molecule has 0 spiro atoms. The average Bonchev–Trinajstić information content (AvgIpc) is 2.74. The number of nitrogens with one attached hydrogen (secondary N) is 1. The minimum absolute atomic E-state index is 0.181. The van der Waals surface area contributed by atoms with E-state index in [0.29, 0.717) is 16.6 Å². The minimum Gasteiger partial charge on any atom is -0.465 e. The first-order valence-electron chi connectivity index (χ1n) is 9.58. The summed E-state index contributed by atoms with van der Waals surface area (Å²) in [4.78, 5) is 30.5. The second-order valence-electron chi connectivity index (χ2n) is 6.78. The molecule has 3 aromatic carbocycles. The molecule has 0 saturated carbocycles. The molecular formula is C23H20BrN3O3. The number of hydrogen-bond donors (Lipinski definition) is 1. The van der Waals surface area contributed by atoms with Gasteiger partial charge in [-0.15, -0.1) is 0 Å². The first kappa shape index (κ1) is 20.1. The van der Waals surface area contributed by atoms with Crippen molar-refractivity contribution in [3.8, 4) is 11.3 Å². The highest BCUT2D eigenvalue weighted by Gasteiger charge is 2.18. The highest BCUT2D eigenvalue weighted by molar-refractivity contribution is 9.10. The predicted molar refractivity (Wildman–Crippen MR) is 123 cm³/mol. The van der Waals surface area contributed by atoms with E-state index in [-0.39, 0.29) is 24.4 Å². The van der Waals surface area contributed by atoms with Gasteiger partial charge in [-0.1, -0.05) is 40.2 Å². The fourth-order valence-corrected chi connectivity index (χ4v) is 3.89. The van der Waals surface area contributed by atoms with E-state index in [9.17, 15) is 9.59 Å². The summed E-state index contributed by atoms with van der Waals surface area (Å²) in [6, 6.07) is 17.3. The van der Waals surface area contributed by atoms with Gasteiger partial charge in [0.15, 0.2) is 0 Å². The molecule has 0 unspecified atom stereocenters. The monoisotopic (exact) mass is 465 g/mol. The van der Waals surface area contributed by atoms with E-state index in [4.69, 9.17) is 9.72 Å². The lowest BCUT2D eigenvalue weighted by Gasteiger charge is -2.15. The van der Waals surface area contributed by atoms with Crippen molar-refractivity contribution >= 4 is 49.4 Å². The number of carbonyl (C=O) groups excluding carboxylic acids is 1. The van der Waals surface area contributed by atoms with Crippen LogP contribution in [0.15, 0.2) is 63.9 Å². The molecule has 4 aromatic rings. The molecular weight excluding hydrogens is 446 g/mol. The number of fused-ring (bicyclic) bond motifs is 2. The van der Waals surface area contributed by atoms with E-state index in [0.717, 1.165) is 20.9 Å².